The zero-order valence-corrected chi connectivity index (χ0v) is 10.0. The van der Waals surface area contributed by atoms with Crippen LogP contribution in [0.3, 0.4) is 0 Å². The second kappa shape index (κ2) is 4.35. The van der Waals surface area contributed by atoms with Crippen LogP contribution >= 0.6 is 0 Å². The van der Waals surface area contributed by atoms with Gasteiger partial charge in [-0.3, -0.25) is 0 Å². The number of nitrogens with one attached hydrogen (secondary N) is 1. The van der Waals surface area contributed by atoms with E-state index in [2.05, 4.69) is 23.7 Å². The Balaban J connectivity index is 2.41. The van der Waals surface area contributed by atoms with Crippen molar-refractivity contribution in [3.05, 3.63) is 17.2 Å². The monoisotopic (exact) mass is 207 g/mol. The van der Waals surface area contributed by atoms with E-state index in [1.165, 1.54) is 30.1 Å². The minimum absolute atomic E-state index is 0.534. The Bertz CT molecular complexity index is 339. The lowest BCUT2D eigenvalue weighted by atomic mass is 10.1. The first-order chi connectivity index (χ1) is 7.24. The third-order valence-corrected chi connectivity index (χ3v) is 3.11. The Morgan fingerprint density at radius 1 is 1.40 bits per heavy atom. The van der Waals surface area contributed by atoms with E-state index in [-0.39, 0.29) is 0 Å². The summed E-state index contributed by atoms with van der Waals surface area (Å²) in [4.78, 5) is 4.79. The lowest BCUT2D eigenvalue weighted by Crippen LogP contribution is -2.17. The van der Waals surface area contributed by atoms with Gasteiger partial charge in [-0.25, -0.2) is 4.98 Å². The van der Waals surface area contributed by atoms with Gasteiger partial charge >= 0.3 is 0 Å². The summed E-state index contributed by atoms with van der Waals surface area (Å²) in [5, 5.41) is 3.25. The smallest absolute Gasteiger partial charge is 0.109 e. The van der Waals surface area contributed by atoms with Crippen LogP contribution < -0.4 is 5.32 Å². The molecule has 1 aromatic rings. The molecule has 15 heavy (non-hydrogen) atoms. The van der Waals surface area contributed by atoms with E-state index >= 15 is 0 Å². The summed E-state index contributed by atoms with van der Waals surface area (Å²) in [6, 6.07) is 0. The third kappa shape index (κ3) is 1.93. The molecule has 2 heterocycles. The van der Waals surface area contributed by atoms with Crippen LogP contribution in [0.1, 0.15) is 49.8 Å². The SMILES string of the molecule is CNCc1c(C(C)C)nc2n1CCCC2. The molecule has 84 valence electrons. The molecule has 0 fully saturated rings. The molecule has 0 bridgehead atoms. The number of imidazole rings is 1. The summed E-state index contributed by atoms with van der Waals surface area (Å²) in [6.07, 6.45) is 3.76. The standard InChI is InChI=1S/C12H21N3/c1-9(2)12-10(8-13-3)15-7-5-4-6-11(15)14-12/h9,13H,4-8H2,1-3H3. The number of fused-ring (bicyclic) bond motifs is 1. The Labute approximate surface area is 91.9 Å². The van der Waals surface area contributed by atoms with Gasteiger partial charge in [-0.2, -0.15) is 0 Å². The first kappa shape index (κ1) is 10.7. The number of rotatable bonds is 3. The van der Waals surface area contributed by atoms with Crippen LogP contribution in [0.4, 0.5) is 0 Å². The summed E-state index contributed by atoms with van der Waals surface area (Å²) < 4.78 is 2.43. The summed E-state index contributed by atoms with van der Waals surface area (Å²) in [5.41, 5.74) is 2.70. The van der Waals surface area contributed by atoms with Gasteiger partial charge in [0.1, 0.15) is 5.82 Å². The highest BCUT2D eigenvalue weighted by Gasteiger charge is 2.20. The zero-order valence-electron chi connectivity index (χ0n) is 10.0. The summed E-state index contributed by atoms with van der Waals surface area (Å²) in [5.74, 6) is 1.83. The van der Waals surface area contributed by atoms with Crippen LogP contribution in [0.5, 0.6) is 0 Å². The maximum atomic E-state index is 4.79. The molecule has 0 amide bonds. The normalized spacial score (nSPS) is 15.7. The molecule has 0 saturated carbocycles. The van der Waals surface area contributed by atoms with Gasteiger partial charge in [-0.05, 0) is 25.8 Å². The van der Waals surface area contributed by atoms with E-state index in [1.807, 2.05) is 7.05 Å². The molecule has 0 aromatic carbocycles. The molecule has 0 aliphatic carbocycles. The van der Waals surface area contributed by atoms with E-state index in [9.17, 15) is 0 Å². The van der Waals surface area contributed by atoms with Crippen LogP contribution in [0, 0.1) is 0 Å². The van der Waals surface area contributed by atoms with Crippen molar-refractivity contribution in [2.75, 3.05) is 7.05 Å². The molecule has 0 radical (unpaired) electrons. The third-order valence-electron chi connectivity index (χ3n) is 3.11. The quantitative estimate of drug-likeness (QED) is 0.822. The van der Waals surface area contributed by atoms with Crippen molar-refractivity contribution in [1.82, 2.24) is 14.9 Å². The lowest BCUT2D eigenvalue weighted by Gasteiger charge is -2.16. The maximum absolute atomic E-state index is 4.79. The number of hydrogen-bond acceptors (Lipinski definition) is 2. The molecule has 0 unspecified atom stereocenters. The highest BCUT2D eigenvalue weighted by Crippen LogP contribution is 2.24. The van der Waals surface area contributed by atoms with Gasteiger partial charge in [0, 0.05) is 19.5 Å². The highest BCUT2D eigenvalue weighted by atomic mass is 15.1. The Morgan fingerprint density at radius 3 is 2.87 bits per heavy atom. The largest absolute Gasteiger partial charge is 0.331 e. The summed E-state index contributed by atoms with van der Waals surface area (Å²) >= 11 is 0. The van der Waals surface area contributed by atoms with Gasteiger partial charge in [0.2, 0.25) is 0 Å². The first-order valence-corrected chi connectivity index (χ1v) is 5.96. The van der Waals surface area contributed by atoms with Crippen LogP contribution in [0.2, 0.25) is 0 Å². The van der Waals surface area contributed by atoms with Gasteiger partial charge in [0.25, 0.3) is 0 Å². The molecule has 1 N–H and O–H groups in total. The van der Waals surface area contributed by atoms with E-state index in [0.29, 0.717) is 5.92 Å². The highest BCUT2D eigenvalue weighted by molar-refractivity contribution is 5.21. The molecule has 3 heteroatoms. The second-order valence-electron chi connectivity index (χ2n) is 4.65. The van der Waals surface area contributed by atoms with Gasteiger partial charge in [0.15, 0.2) is 0 Å². The van der Waals surface area contributed by atoms with Crippen molar-refractivity contribution in [1.29, 1.82) is 0 Å². The fraction of sp³-hybridized carbons (Fsp3) is 0.750. The Kier molecular flexibility index (Phi) is 3.10. The number of aromatic nitrogens is 2. The molecule has 1 aliphatic rings. The van der Waals surface area contributed by atoms with Gasteiger partial charge in [-0.1, -0.05) is 13.8 Å². The van der Waals surface area contributed by atoms with Crippen molar-refractivity contribution in [2.45, 2.75) is 52.1 Å². The minimum Gasteiger partial charge on any atom is -0.331 e. The Hall–Kier alpha value is -0.830. The number of nitrogens with zero attached hydrogens (tertiary/aromatic N) is 2. The second-order valence-corrected chi connectivity index (χ2v) is 4.65. The minimum atomic E-state index is 0.534. The van der Waals surface area contributed by atoms with Gasteiger partial charge in [0.05, 0.1) is 11.4 Å². The fourth-order valence-electron chi connectivity index (χ4n) is 2.38. The fourth-order valence-corrected chi connectivity index (χ4v) is 2.38. The van der Waals surface area contributed by atoms with Gasteiger partial charge < -0.3 is 9.88 Å². The molecular weight excluding hydrogens is 186 g/mol. The van der Waals surface area contributed by atoms with E-state index in [1.54, 1.807) is 0 Å². The van der Waals surface area contributed by atoms with E-state index < -0.39 is 0 Å². The van der Waals surface area contributed by atoms with Crippen molar-refractivity contribution < 1.29 is 0 Å². The lowest BCUT2D eigenvalue weighted by molar-refractivity contribution is 0.503. The average molecular weight is 207 g/mol. The molecule has 3 nitrogen and oxygen atoms in total. The van der Waals surface area contributed by atoms with Crippen molar-refractivity contribution in [3.8, 4) is 0 Å². The molecule has 2 rings (SSSR count). The van der Waals surface area contributed by atoms with E-state index in [4.69, 9.17) is 4.98 Å². The van der Waals surface area contributed by atoms with Crippen LogP contribution in [-0.4, -0.2) is 16.6 Å². The molecule has 0 saturated heterocycles. The molecule has 0 atom stereocenters. The topological polar surface area (TPSA) is 29.9 Å². The Morgan fingerprint density at radius 2 is 2.20 bits per heavy atom. The predicted octanol–water partition coefficient (Wildman–Crippen LogP) is 2.06. The average Bonchev–Trinajstić information content (AvgIpc) is 2.58. The first-order valence-electron chi connectivity index (χ1n) is 5.96. The van der Waals surface area contributed by atoms with Crippen LogP contribution in [0.15, 0.2) is 0 Å². The predicted molar refractivity (Wildman–Crippen MR) is 62.0 cm³/mol. The van der Waals surface area contributed by atoms with Gasteiger partial charge in [-0.15, -0.1) is 0 Å². The van der Waals surface area contributed by atoms with E-state index in [0.717, 1.165) is 19.5 Å². The maximum Gasteiger partial charge on any atom is 0.109 e. The number of hydrogen-bond donors (Lipinski definition) is 1. The van der Waals surface area contributed by atoms with Crippen molar-refractivity contribution in [2.24, 2.45) is 0 Å². The van der Waals surface area contributed by atoms with Crippen molar-refractivity contribution >= 4 is 0 Å². The molecule has 1 aromatic heterocycles. The molecular formula is C12H21N3. The van der Waals surface area contributed by atoms with Crippen molar-refractivity contribution in [3.63, 3.8) is 0 Å². The molecule has 1 aliphatic heterocycles. The van der Waals surface area contributed by atoms with Crippen LogP contribution in [0.25, 0.3) is 0 Å². The summed E-state index contributed by atoms with van der Waals surface area (Å²) in [6.45, 7) is 6.56. The zero-order chi connectivity index (χ0) is 10.8. The number of aryl methyl sites for hydroxylation is 1. The molecule has 0 spiro atoms. The van der Waals surface area contributed by atoms with Crippen LogP contribution in [-0.2, 0) is 19.5 Å². The summed E-state index contributed by atoms with van der Waals surface area (Å²) in [7, 11) is 2.01.